The van der Waals surface area contributed by atoms with Gasteiger partial charge in [0.15, 0.2) is 0 Å². The van der Waals surface area contributed by atoms with E-state index in [-0.39, 0.29) is 10.8 Å². The number of rotatable bonds is 2. The van der Waals surface area contributed by atoms with Crippen LogP contribution in [0, 0.1) is 20.8 Å². The maximum absolute atomic E-state index is 11.9. The van der Waals surface area contributed by atoms with Gasteiger partial charge in [0.25, 0.3) is 9.05 Å². The number of nitrogens with zero attached hydrogens (tertiary/aromatic N) is 1. The summed E-state index contributed by atoms with van der Waals surface area (Å²) in [4.78, 5) is 13.7. The van der Waals surface area contributed by atoms with Crippen molar-refractivity contribution in [1.29, 1.82) is 0 Å². The first-order valence-corrected chi connectivity index (χ1v) is 8.40. The Kier molecular flexibility index (Phi) is 3.62. The minimum absolute atomic E-state index is 0.0352. The van der Waals surface area contributed by atoms with Gasteiger partial charge in [-0.25, -0.2) is 8.42 Å². The molecule has 0 radical (unpaired) electrons. The third-order valence-electron chi connectivity index (χ3n) is 3.45. The van der Waals surface area contributed by atoms with Crippen LogP contribution in [0.3, 0.4) is 0 Å². The van der Waals surface area contributed by atoms with E-state index in [1.54, 1.807) is 24.8 Å². The molecule has 0 atom stereocenters. The summed E-state index contributed by atoms with van der Waals surface area (Å²) in [6.45, 7) is 5.93. The summed E-state index contributed by atoms with van der Waals surface area (Å²) in [6, 6.07) is 1.77. The molecule has 4 nitrogen and oxygen atoms in total. The Morgan fingerprint density at radius 3 is 2.32 bits per heavy atom. The highest BCUT2D eigenvalue weighted by molar-refractivity contribution is 8.13. The molecule has 19 heavy (non-hydrogen) atoms. The van der Waals surface area contributed by atoms with Crippen molar-refractivity contribution < 1.29 is 13.2 Å². The number of anilines is 1. The minimum Gasteiger partial charge on any atom is -0.312 e. The average molecular weight is 302 g/mol. The molecule has 0 aliphatic carbocycles. The second-order valence-electron chi connectivity index (χ2n) is 4.90. The molecule has 1 amide bonds. The highest BCUT2D eigenvalue weighted by Crippen LogP contribution is 2.36. The van der Waals surface area contributed by atoms with E-state index in [4.69, 9.17) is 10.7 Å². The largest absolute Gasteiger partial charge is 0.312 e. The number of amides is 1. The number of carbonyl (C=O) groups is 1. The van der Waals surface area contributed by atoms with Gasteiger partial charge in [0.2, 0.25) is 5.91 Å². The second-order valence-corrected chi connectivity index (χ2v) is 7.40. The first kappa shape index (κ1) is 14.3. The smallest absolute Gasteiger partial charge is 0.261 e. The number of aryl methyl sites for hydroxylation is 2. The normalized spacial score (nSPS) is 16.2. The van der Waals surface area contributed by atoms with E-state index in [9.17, 15) is 13.2 Å². The molecule has 104 valence electrons. The van der Waals surface area contributed by atoms with Crippen molar-refractivity contribution in [3.63, 3.8) is 0 Å². The van der Waals surface area contributed by atoms with Crippen molar-refractivity contribution in [2.75, 3.05) is 11.4 Å². The molecule has 2 rings (SSSR count). The molecule has 0 spiro atoms. The molecule has 0 unspecified atom stereocenters. The predicted octanol–water partition coefficient (Wildman–Crippen LogP) is 2.67. The summed E-state index contributed by atoms with van der Waals surface area (Å²) in [5.74, 6) is 0.0352. The lowest BCUT2D eigenvalue weighted by molar-refractivity contribution is -0.117. The van der Waals surface area contributed by atoms with Crippen molar-refractivity contribution in [2.24, 2.45) is 0 Å². The van der Waals surface area contributed by atoms with Crippen LogP contribution in [0.4, 0.5) is 5.69 Å². The summed E-state index contributed by atoms with van der Waals surface area (Å²) < 4.78 is 23.4. The van der Waals surface area contributed by atoms with Crippen LogP contribution < -0.4 is 4.90 Å². The van der Waals surface area contributed by atoms with Gasteiger partial charge in [-0.2, -0.15) is 0 Å². The summed E-state index contributed by atoms with van der Waals surface area (Å²) >= 11 is 0. The molecule has 1 aromatic rings. The van der Waals surface area contributed by atoms with E-state index in [1.165, 1.54) is 0 Å². The van der Waals surface area contributed by atoms with Crippen LogP contribution in [-0.2, 0) is 13.8 Å². The van der Waals surface area contributed by atoms with Crippen LogP contribution in [0.5, 0.6) is 0 Å². The first-order valence-electron chi connectivity index (χ1n) is 6.09. The van der Waals surface area contributed by atoms with E-state index in [1.807, 2.05) is 6.92 Å². The Morgan fingerprint density at radius 1 is 1.21 bits per heavy atom. The highest BCUT2D eigenvalue weighted by Gasteiger charge is 2.28. The zero-order chi connectivity index (χ0) is 14.4. The number of carbonyl (C=O) groups excluding carboxylic acids is 1. The topological polar surface area (TPSA) is 54.5 Å². The fourth-order valence-electron chi connectivity index (χ4n) is 2.83. The molecule has 1 heterocycles. The van der Waals surface area contributed by atoms with Gasteiger partial charge in [0.1, 0.15) is 0 Å². The molecule has 1 aliphatic heterocycles. The average Bonchev–Trinajstić information content (AvgIpc) is 2.61. The number of hydrogen-bond donors (Lipinski definition) is 0. The third-order valence-corrected chi connectivity index (χ3v) is 5.03. The van der Waals surface area contributed by atoms with E-state index in [2.05, 4.69) is 0 Å². The van der Waals surface area contributed by atoms with E-state index >= 15 is 0 Å². The molecular formula is C13H16ClNO3S. The standard InChI is InChI=1S/C13H16ClNO3S/c1-8-7-9(2)13(19(14,17)18)10(3)12(8)15-6-4-5-11(15)16/h7H,4-6H2,1-3H3. The molecule has 0 aromatic heterocycles. The van der Waals surface area contributed by atoms with Crippen molar-refractivity contribution >= 4 is 31.3 Å². The summed E-state index contributed by atoms with van der Waals surface area (Å²) in [6.07, 6.45) is 1.31. The summed E-state index contributed by atoms with van der Waals surface area (Å²) in [7, 11) is 1.69. The molecule has 1 aromatic carbocycles. The van der Waals surface area contributed by atoms with Gasteiger partial charge in [0, 0.05) is 23.6 Å². The van der Waals surface area contributed by atoms with Gasteiger partial charge in [0.05, 0.1) is 10.6 Å². The minimum atomic E-state index is -3.82. The lowest BCUT2D eigenvalue weighted by Gasteiger charge is -2.23. The molecule has 0 saturated carbocycles. The van der Waals surface area contributed by atoms with Gasteiger partial charge < -0.3 is 4.90 Å². The fourth-order valence-corrected chi connectivity index (χ4v) is 4.45. The van der Waals surface area contributed by atoms with Gasteiger partial charge >= 0.3 is 0 Å². The van der Waals surface area contributed by atoms with Gasteiger partial charge in [-0.15, -0.1) is 0 Å². The van der Waals surface area contributed by atoms with Crippen molar-refractivity contribution in [2.45, 2.75) is 38.5 Å². The molecule has 6 heteroatoms. The third kappa shape index (κ3) is 2.49. The number of hydrogen-bond acceptors (Lipinski definition) is 3. The lowest BCUT2D eigenvalue weighted by atomic mass is 10.0. The van der Waals surface area contributed by atoms with Crippen molar-refractivity contribution in [3.8, 4) is 0 Å². The van der Waals surface area contributed by atoms with Crippen LogP contribution in [-0.4, -0.2) is 20.9 Å². The number of benzene rings is 1. The molecule has 0 N–H and O–H groups in total. The Balaban J connectivity index is 2.72. The Bertz CT molecular complexity index is 652. The SMILES string of the molecule is Cc1cc(C)c(S(=O)(=O)Cl)c(C)c1N1CCCC1=O. The summed E-state index contributed by atoms with van der Waals surface area (Å²) in [5.41, 5.74) is 2.75. The van der Waals surface area contributed by atoms with E-state index in [0.717, 1.165) is 12.0 Å². The Labute approximate surface area is 117 Å². The van der Waals surface area contributed by atoms with Gasteiger partial charge in [-0.05, 0) is 43.9 Å². The number of halogens is 1. The zero-order valence-electron chi connectivity index (χ0n) is 11.2. The molecule has 1 saturated heterocycles. The lowest BCUT2D eigenvalue weighted by Crippen LogP contribution is -2.26. The molecule has 1 aliphatic rings. The van der Waals surface area contributed by atoms with E-state index in [0.29, 0.717) is 29.8 Å². The van der Waals surface area contributed by atoms with Crippen LogP contribution in [0.1, 0.15) is 29.5 Å². The monoisotopic (exact) mass is 301 g/mol. The summed E-state index contributed by atoms with van der Waals surface area (Å²) in [5, 5.41) is 0. The van der Waals surface area contributed by atoms with E-state index < -0.39 is 9.05 Å². The second kappa shape index (κ2) is 4.80. The maximum Gasteiger partial charge on any atom is 0.261 e. The predicted molar refractivity (Wildman–Crippen MR) is 75.3 cm³/mol. The van der Waals surface area contributed by atoms with Crippen LogP contribution in [0.15, 0.2) is 11.0 Å². The maximum atomic E-state index is 11.9. The van der Waals surface area contributed by atoms with Gasteiger partial charge in [-0.3, -0.25) is 4.79 Å². The highest BCUT2D eigenvalue weighted by atomic mass is 35.7. The molecule has 1 fully saturated rings. The van der Waals surface area contributed by atoms with Crippen LogP contribution in [0.25, 0.3) is 0 Å². The molecular weight excluding hydrogens is 286 g/mol. The Morgan fingerprint density at radius 2 is 1.84 bits per heavy atom. The molecule has 0 bridgehead atoms. The van der Waals surface area contributed by atoms with Gasteiger partial charge in [-0.1, -0.05) is 6.07 Å². The van der Waals surface area contributed by atoms with Crippen LogP contribution >= 0.6 is 10.7 Å². The zero-order valence-corrected chi connectivity index (χ0v) is 12.7. The first-order chi connectivity index (χ1) is 8.73. The fraction of sp³-hybridized carbons (Fsp3) is 0.462. The van der Waals surface area contributed by atoms with Crippen molar-refractivity contribution in [1.82, 2.24) is 0 Å². The quantitative estimate of drug-likeness (QED) is 0.789. The Hall–Kier alpha value is -1.07. The van der Waals surface area contributed by atoms with Crippen molar-refractivity contribution in [3.05, 3.63) is 22.8 Å². The van der Waals surface area contributed by atoms with Crippen LogP contribution in [0.2, 0.25) is 0 Å².